The summed E-state index contributed by atoms with van der Waals surface area (Å²) in [6.07, 6.45) is 5.32. The van der Waals surface area contributed by atoms with E-state index in [-0.39, 0.29) is 0 Å². The molecular weight excluding hydrogens is 178 g/mol. The molecule has 1 N–H and O–H groups in total. The van der Waals surface area contributed by atoms with Crippen molar-refractivity contribution in [2.75, 3.05) is 13.1 Å². The molecule has 0 spiro atoms. The van der Waals surface area contributed by atoms with Gasteiger partial charge in [-0.3, -0.25) is 4.90 Å². The van der Waals surface area contributed by atoms with Crippen LogP contribution in [0.1, 0.15) is 37.4 Å². The standard InChI is InChI=1S/C9H15N5/c1-2-4-14-6-7(5-8(14)3-1)9-10-12-13-11-9/h7-8H,1-6H2,(H,10,11,12,13)/t7-,8+/m0/s1. The Morgan fingerprint density at radius 1 is 1.36 bits per heavy atom. The van der Waals surface area contributed by atoms with Crippen molar-refractivity contribution in [1.29, 1.82) is 0 Å². The van der Waals surface area contributed by atoms with E-state index in [0.717, 1.165) is 18.4 Å². The van der Waals surface area contributed by atoms with Crippen molar-refractivity contribution in [3.05, 3.63) is 5.82 Å². The normalized spacial score (nSPS) is 33.1. The number of aromatic nitrogens is 4. The van der Waals surface area contributed by atoms with Crippen LogP contribution in [-0.4, -0.2) is 44.7 Å². The first-order valence-electron chi connectivity index (χ1n) is 5.41. The van der Waals surface area contributed by atoms with Gasteiger partial charge in [-0.25, -0.2) is 0 Å². The van der Waals surface area contributed by atoms with Crippen LogP contribution < -0.4 is 0 Å². The molecule has 0 aromatic carbocycles. The summed E-state index contributed by atoms with van der Waals surface area (Å²) in [5.74, 6) is 1.41. The SMILES string of the molecule is C1CCN2C[C@@H](c3nn[nH]n3)C[C@H]2C1. The highest BCUT2D eigenvalue weighted by Crippen LogP contribution is 2.34. The molecule has 2 aliphatic heterocycles. The Bertz CT molecular complexity index is 282. The molecule has 5 heteroatoms. The van der Waals surface area contributed by atoms with Crippen LogP contribution in [0.5, 0.6) is 0 Å². The lowest BCUT2D eigenvalue weighted by Crippen LogP contribution is -2.33. The van der Waals surface area contributed by atoms with Gasteiger partial charge in [-0.1, -0.05) is 11.6 Å². The zero-order valence-electron chi connectivity index (χ0n) is 8.19. The number of tetrazole rings is 1. The predicted octanol–water partition coefficient (Wildman–Crippen LogP) is 0.541. The minimum atomic E-state index is 0.511. The number of hydrogen-bond acceptors (Lipinski definition) is 4. The summed E-state index contributed by atoms with van der Waals surface area (Å²) in [5, 5.41) is 14.3. The summed E-state index contributed by atoms with van der Waals surface area (Å²) in [5.41, 5.74) is 0. The molecule has 0 saturated carbocycles. The summed E-state index contributed by atoms with van der Waals surface area (Å²) in [4.78, 5) is 2.59. The van der Waals surface area contributed by atoms with Crippen molar-refractivity contribution in [1.82, 2.24) is 25.5 Å². The Kier molecular flexibility index (Phi) is 1.97. The van der Waals surface area contributed by atoms with Gasteiger partial charge in [0.05, 0.1) is 0 Å². The first kappa shape index (κ1) is 8.35. The smallest absolute Gasteiger partial charge is 0.178 e. The third kappa shape index (κ3) is 1.32. The molecule has 2 aliphatic rings. The third-order valence-corrected chi connectivity index (χ3v) is 3.49. The Balaban J connectivity index is 1.74. The number of nitrogens with one attached hydrogen (secondary N) is 1. The molecule has 2 atom stereocenters. The summed E-state index contributed by atoms with van der Waals surface area (Å²) < 4.78 is 0. The van der Waals surface area contributed by atoms with Gasteiger partial charge in [-0.2, -0.15) is 5.21 Å². The molecule has 2 saturated heterocycles. The Hall–Kier alpha value is -0.970. The van der Waals surface area contributed by atoms with Crippen LogP contribution in [-0.2, 0) is 0 Å². The lowest BCUT2D eigenvalue weighted by Gasteiger charge is -2.28. The molecule has 0 bridgehead atoms. The molecule has 0 aliphatic carbocycles. The number of rotatable bonds is 1. The van der Waals surface area contributed by atoms with Gasteiger partial charge in [-0.05, 0) is 25.8 Å². The summed E-state index contributed by atoms with van der Waals surface area (Å²) in [6.45, 7) is 2.39. The van der Waals surface area contributed by atoms with Gasteiger partial charge < -0.3 is 0 Å². The van der Waals surface area contributed by atoms with E-state index in [4.69, 9.17) is 0 Å². The maximum atomic E-state index is 4.08. The number of fused-ring (bicyclic) bond motifs is 1. The number of piperidine rings is 1. The van der Waals surface area contributed by atoms with E-state index in [1.807, 2.05) is 0 Å². The first-order chi connectivity index (χ1) is 6.93. The second-order valence-corrected chi connectivity index (χ2v) is 4.35. The summed E-state index contributed by atoms with van der Waals surface area (Å²) >= 11 is 0. The molecule has 0 unspecified atom stereocenters. The van der Waals surface area contributed by atoms with E-state index in [0.29, 0.717) is 5.92 Å². The summed E-state index contributed by atoms with van der Waals surface area (Å²) in [7, 11) is 0. The molecule has 76 valence electrons. The molecular formula is C9H15N5. The Labute approximate surface area is 82.9 Å². The predicted molar refractivity (Wildman–Crippen MR) is 50.7 cm³/mol. The zero-order valence-corrected chi connectivity index (χ0v) is 8.19. The number of hydrogen-bond donors (Lipinski definition) is 1. The van der Waals surface area contributed by atoms with Crippen molar-refractivity contribution in [3.8, 4) is 0 Å². The highest BCUT2D eigenvalue weighted by Gasteiger charge is 2.35. The molecule has 2 fully saturated rings. The molecule has 3 heterocycles. The molecule has 5 nitrogen and oxygen atoms in total. The Morgan fingerprint density at radius 3 is 3.14 bits per heavy atom. The third-order valence-electron chi connectivity index (χ3n) is 3.49. The molecule has 0 radical (unpaired) electrons. The van der Waals surface area contributed by atoms with Crippen molar-refractivity contribution < 1.29 is 0 Å². The maximum Gasteiger partial charge on any atom is 0.178 e. The minimum Gasteiger partial charge on any atom is -0.300 e. The van der Waals surface area contributed by atoms with Crippen LogP contribution in [0.15, 0.2) is 0 Å². The molecule has 1 aromatic rings. The molecule has 0 amide bonds. The fraction of sp³-hybridized carbons (Fsp3) is 0.889. The fourth-order valence-corrected chi connectivity index (χ4v) is 2.78. The second kappa shape index (κ2) is 3.31. The quantitative estimate of drug-likeness (QED) is 0.707. The van der Waals surface area contributed by atoms with E-state index < -0.39 is 0 Å². The van der Waals surface area contributed by atoms with Crippen molar-refractivity contribution in [2.24, 2.45) is 0 Å². The highest BCUT2D eigenvalue weighted by molar-refractivity contribution is 5.01. The van der Waals surface area contributed by atoms with E-state index in [1.165, 1.54) is 32.2 Å². The highest BCUT2D eigenvalue weighted by atomic mass is 15.5. The fourth-order valence-electron chi connectivity index (χ4n) is 2.78. The van der Waals surface area contributed by atoms with Crippen molar-refractivity contribution in [3.63, 3.8) is 0 Å². The van der Waals surface area contributed by atoms with E-state index >= 15 is 0 Å². The van der Waals surface area contributed by atoms with Crippen molar-refractivity contribution in [2.45, 2.75) is 37.6 Å². The average Bonchev–Trinajstić information content (AvgIpc) is 2.86. The Morgan fingerprint density at radius 2 is 2.36 bits per heavy atom. The van der Waals surface area contributed by atoms with Gasteiger partial charge in [-0.15, -0.1) is 10.2 Å². The van der Waals surface area contributed by atoms with Crippen LogP contribution in [0, 0.1) is 0 Å². The number of H-pyrrole nitrogens is 1. The van der Waals surface area contributed by atoms with Gasteiger partial charge in [0.25, 0.3) is 0 Å². The average molecular weight is 193 g/mol. The monoisotopic (exact) mass is 193 g/mol. The topological polar surface area (TPSA) is 57.7 Å². The largest absolute Gasteiger partial charge is 0.300 e. The van der Waals surface area contributed by atoms with Gasteiger partial charge >= 0.3 is 0 Å². The van der Waals surface area contributed by atoms with Crippen LogP contribution in [0.4, 0.5) is 0 Å². The van der Waals surface area contributed by atoms with Gasteiger partial charge in [0.1, 0.15) is 0 Å². The zero-order chi connectivity index (χ0) is 9.38. The molecule has 1 aromatic heterocycles. The first-order valence-corrected chi connectivity index (χ1v) is 5.41. The van der Waals surface area contributed by atoms with Crippen LogP contribution in [0.2, 0.25) is 0 Å². The van der Waals surface area contributed by atoms with Gasteiger partial charge in [0, 0.05) is 18.5 Å². The van der Waals surface area contributed by atoms with E-state index in [1.54, 1.807) is 0 Å². The van der Waals surface area contributed by atoms with E-state index in [9.17, 15) is 0 Å². The van der Waals surface area contributed by atoms with Crippen molar-refractivity contribution >= 4 is 0 Å². The van der Waals surface area contributed by atoms with Crippen LogP contribution in [0.25, 0.3) is 0 Å². The maximum absolute atomic E-state index is 4.08. The van der Waals surface area contributed by atoms with Crippen LogP contribution in [0.3, 0.4) is 0 Å². The van der Waals surface area contributed by atoms with Gasteiger partial charge in [0.15, 0.2) is 5.82 Å². The summed E-state index contributed by atoms with van der Waals surface area (Å²) in [6, 6.07) is 0.784. The van der Waals surface area contributed by atoms with E-state index in [2.05, 4.69) is 25.5 Å². The second-order valence-electron chi connectivity index (χ2n) is 4.35. The van der Waals surface area contributed by atoms with Gasteiger partial charge in [0.2, 0.25) is 0 Å². The lowest BCUT2D eigenvalue weighted by molar-refractivity contribution is 0.197. The molecule has 14 heavy (non-hydrogen) atoms. The minimum absolute atomic E-state index is 0.511. The lowest BCUT2D eigenvalue weighted by atomic mass is 9.99. The number of aromatic amines is 1. The molecule has 3 rings (SSSR count). The van der Waals surface area contributed by atoms with Crippen LogP contribution >= 0.6 is 0 Å². The number of nitrogens with zero attached hydrogens (tertiary/aromatic N) is 4.